The maximum atomic E-state index is 10.9. The van der Waals surface area contributed by atoms with Crippen LogP contribution in [0.4, 0.5) is 0 Å². The van der Waals surface area contributed by atoms with Crippen LogP contribution in [0.3, 0.4) is 0 Å². The maximum Gasteiger partial charge on any atom is 0.309 e. The molecular weight excluding hydrogens is 224 g/mol. The standard InChI is InChI=1S/C11H14N2O4/c1-17-9-6-7(2-3-8(9)14)4-5-13-11(16)10(12)15/h2-3,6,14H,4-5H2,1H3,(H2,12,15)(H,13,16). The van der Waals surface area contributed by atoms with Gasteiger partial charge in [-0.15, -0.1) is 0 Å². The van der Waals surface area contributed by atoms with Crippen molar-refractivity contribution in [3.63, 3.8) is 0 Å². The van der Waals surface area contributed by atoms with E-state index in [9.17, 15) is 14.7 Å². The number of carbonyl (C=O) groups excluding carboxylic acids is 2. The molecule has 4 N–H and O–H groups in total. The molecule has 0 spiro atoms. The Balaban J connectivity index is 2.52. The number of nitrogens with one attached hydrogen (secondary N) is 1. The largest absolute Gasteiger partial charge is 0.504 e. The van der Waals surface area contributed by atoms with E-state index >= 15 is 0 Å². The zero-order valence-corrected chi connectivity index (χ0v) is 9.40. The highest BCUT2D eigenvalue weighted by molar-refractivity contribution is 6.34. The molecule has 0 saturated carbocycles. The topological polar surface area (TPSA) is 102 Å². The first-order chi connectivity index (χ1) is 8.04. The van der Waals surface area contributed by atoms with Crippen LogP contribution in [0.25, 0.3) is 0 Å². The van der Waals surface area contributed by atoms with Crippen molar-refractivity contribution in [2.24, 2.45) is 5.73 Å². The molecule has 0 aliphatic carbocycles. The van der Waals surface area contributed by atoms with Crippen molar-refractivity contribution < 1.29 is 19.4 Å². The van der Waals surface area contributed by atoms with Gasteiger partial charge in [0.1, 0.15) is 0 Å². The number of carbonyl (C=O) groups is 2. The minimum atomic E-state index is -1.01. The first kappa shape index (κ1) is 12.8. The summed E-state index contributed by atoms with van der Waals surface area (Å²) in [5.74, 6) is -1.40. The van der Waals surface area contributed by atoms with Crippen molar-refractivity contribution in [2.45, 2.75) is 6.42 Å². The smallest absolute Gasteiger partial charge is 0.309 e. The Morgan fingerprint density at radius 3 is 2.76 bits per heavy atom. The van der Waals surface area contributed by atoms with Crippen LogP contribution in [0.2, 0.25) is 0 Å². The number of nitrogens with two attached hydrogens (primary N) is 1. The lowest BCUT2D eigenvalue weighted by molar-refractivity contribution is -0.137. The van der Waals surface area contributed by atoms with Crippen LogP contribution in [0.1, 0.15) is 5.56 Å². The van der Waals surface area contributed by atoms with Gasteiger partial charge < -0.3 is 20.9 Å². The SMILES string of the molecule is COc1cc(CCNC(=O)C(N)=O)ccc1O. The number of primary amides is 1. The molecule has 0 bridgehead atoms. The molecule has 0 aromatic heterocycles. The summed E-state index contributed by atoms with van der Waals surface area (Å²) in [4.78, 5) is 21.3. The van der Waals surface area contributed by atoms with Crippen LogP contribution in [0, 0.1) is 0 Å². The Kier molecular flexibility index (Phi) is 4.33. The second kappa shape index (κ2) is 5.74. The van der Waals surface area contributed by atoms with Crippen molar-refractivity contribution in [1.82, 2.24) is 5.32 Å². The minimum Gasteiger partial charge on any atom is -0.504 e. The van der Waals surface area contributed by atoms with Crippen LogP contribution in [0.5, 0.6) is 11.5 Å². The Morgan fingerprint density at radius 2 is 2.18 bits per heavy atom. The molecule has 0 aliphatic rings. The van der Waals surface area contributed by atoms with Gasteiger partial charge in [0.15, 0.2) is 11.5 Å². The highest BCUT2D eigenvalue weighted by atomic mass is 16.5. The normalized spacial score (nSPS) is 9.71. The van der Waals surface area contributed by atoms with Gasteiger partial charge in [-0.3, -0.25) is 9.59 Å². The van der Waals surface area contributed by atoms with E-state index in [-0.39, 0.29) is 12.3 Å². The quantitative estimate of drug-likeness (QED) is 0.618. The van der Waals surface area contributed by atoms with Crippen molar-refractivity contribution in [2.75, 3.05) is 13.7 Å². The summed E-state index contributed by atoms with van der Waals surface area (Å²) in [5, 5.41) is 11.7. The second-order valence-corrected chi connectivity index (χ2v) is 3.38. The van der Waals surface area contributed by atoms with Gasteiger partial charge in [0, 0.05) is 6.54 Å². The third-order valence-corrected chi connectivity index (χ3v) is 2.17. The molecule has 6 heteroatoms. The van der Waals surface area contributed by atoms with E-state index in [1.807, 2.05) is 0 Å². The van der Waals surface area contributed by atoms with Gasteiger partial charge in [0.2, 0.25) is 0 Å². The van der Waals surface area contributed by atoms with Crippen LogP contribution in [-0.4, -0.2) is 30.6 Å². The fourth-order valence-corrected chi connectivity index (χ4v) is 1.29. The monoisotopic (exact) mass is 238 g/mol. The molecule has 0 aliphatic heterocycles. The Hall–Kier alpha value is -2.24. The van der Waals surface area contributed by atoms with Crippen LogP contribution < -0.4 is 15.8 Å². The molecule has 0 heterocycles. The molecule has 1 rings (SSSR count). The summed E-state index contributed by atoms with van der Waals surface area (Å²) in [7, 11) is 1.45. The van der Waals surface area contributed by atoms with Gasteiger partial charge in [0.25, 0.3) is 0 Å². The number of aromatic hydroxyl groups is 1. The third-order valence-electron chi connectivity index (χ3n) is 2.17. The van der Waals surface area contributed by atoms with E-state index < -0.39 is 11.8 Å². The number of hydrogen-bond acceptors (Lipinski definition) is 4. The summed E-state index contributed by atoms with van der Waals surface area (Å²) in [6.07, 6.45) is 0.510. The number of benzene rings is 1. The summed E-state index contributed by atoms with van der Waals surface area (Å²) in [5.41, 5.74) is 5.64. The van der Waals surface area contributed by atoms with Gasteiger partial charge in [-0.25, -0.2) is 0 Å². The van der Waals surface area contributed by atoms with Crippen LogP contribution in [0.15, 0.2) is 18.2 Å². The number of hydrogen-bond donors (Lipinski definition) is 3. The predicted octanol–water partition coefficient (Wildman–Crippen LogP) is -0.455. The first-order valence-corrected chi connectivity index (χ1v) is 4.98. The second-order valence-electron chi connectivity index (χ2n) is 3.38. The van der Waals surface area contributed by atoms with Gasteiger partial charge >= 0.3 is 11.8 Å². The van der Waals surface area contributed by atoms with E-state index in [1.165, 1.54) is 13.2 Å². The molecule has 92 valence electrons. The lowest BCUT2D eigenvalue weighted by Crippen LogP contribution is -2.37. The molecule has 1 aromatic carbocycles. The first-order valence-electron chi connectivity index (χ1n) is 4.98. The Bertz CT molecular complexity index is 431. The van der Waals surface area contributed by atoms with Crippen molar-refractivity contribution in [1.29, 1.82) is 0 Å². The van der Waals surface area contributed by atoms with Crippen molar-refractivity contribution >= 4 is 11.8 Å². The lowest BCUT2D eigenvalue weighted by Gasteiger charge is -2.07. The number of phenols is 1. The number of rotatable bonds is 4. The molecule has 6 nitrogen and oxygen atoms in total. The minimum absolute atomic E-state index is 0.0532. The zero-order valence-electron chi connectivity index (χ0n) is 9.40. The average molecular weight is 238 g/mol. The van der Waals surface area contributed by atoms with Gasteiger partial charge in [-0.05, 0) is 24.1 Å². The maximum absolute atomic E-state index is 10.9. The molecule has 0 radical (unpaired) electrons. The number of phenolic OH excluding ortho intramolecular Hbond substituents is 1. The summed E-state index contributed by atoms with van der Waals surface area (Å²) in [6.45, 7) is 0.287. The fourth-order valence-electron chi connectivity index (χ4n) is 1.29. The average Bonchev–Trinajstić information content (AvgIpc) is 2.31. The molecule has 0 fully saturated rings. The molecule has 0 saturated heterocycles. The number of ether oxygens (including phenoxy) is 1. The molecule has 17 heavy (non-hydrogen) atoms. The van der Waals surface area contributed by atoms with E-state index in [2.05, 4.69) is 5.32 Å². The molecular formula is C11H14N2O4. The van der Waals surface area contributed by atoms with E-state index in [1.54, 1.807) is 12.1 Å². The molecule has 0 atom stereocenters. The van der Waals surface area contributed by atoms with Crippen molar-refractivity contribution in [3.05, 3.63) is 23.8 Å². The van der Waals surface area contributed by atoms with Gasteiger partial charge in [0.05, 0.1) is 7.11 Å². The van der Waals surface area contributed by atoms with Gasteiger partial charge in [-0.2, -0.15) is 0 Å². The molecule has 2 amide bonds. The van der Waals surface area contributed by atoms with E-state index in [0.29, 0.717) is 12.2 Å². The lowest BCUT2D eigenvalue weighted by atomic mass is 10.1. The highest BCUT2D eigenvalue weighted by Gasteiger charge is 2.07. The number of amides is 2. The van der Waals surface area contributed by atoms with Gasteiger partial charge in [-0.1, -0.05) is 6.07 Å². The predicted molar refractivity (Wildman–Crippen MR) is 60.6 cm³/mol. The Morgan fingerprint density at radius 1 is 1.47 bits per heavy atom. The van der Waals surface area contributed by atoms with E-state index in [0.717, 1.165) is 5.56 Å². The fraction of sp³-hybridized carbons (Fsp3) is 0.273. The zero-order chi connectivity index (χ0) is 12.8. The summed E-state index contributed by atoms with van der Waals surface area (Å²) < 4.78 is 4.94. The van der Waals surface area contributed by atoms with Crippen molar-refractivity contribution in [3.8, 4) is 11.5 Å². The van der Waals surface area contributed by atoms with Crippen LogP contribution >= 0.6 is 0 Å². The number of methoxy groups -OCH3 is 1. The summed E-state index contributed by atoms with van der Waals surface area (Å²) >= 11 is 0. The van der Waals surface area contributed by atoms with E-state index in [4.69, 9.17) is 10.5 Å². The molecule has 1 aromatic rings. The Labute approximate surface area is 98.4 Å². The molecule has 0 unspecified atom stereocenters. The van der Waals surface area contributed by atoms with Crippen LogP contribution in [-0.2, 0) is 16.0 Å². The highest BCUT2D eigenvalue weighted by Crippen LogP contribution is 2.26. The summed E-state index contributed by atoms with van der Waals surface area (Å²) in [6, 6.07) is 4.87. The third kappa shape index (κ3) is 3.67.